The van der Waals surface area contributed by atoms with E-state index in [1.54, 1.807) is 11.1 Å². The molecule has 2 aromatic rings. The molecule has 0 heterocycles. The van der Waals surface area contributed by atoms with Crippen molar-refractivity contribution < 1.29 is 14.0 Å². The minimum absolute atomic E-state index is 0.430. The molecule has 4 rings (SSSR count). The first-order chi connectivity index (χ1) is 11.4. The molecule has 0 nitrogen and oxygen atoms in total. The molecule has 2 heteroatoms. The maximum atomic E-state index is 2.74. The Morgan fingerprint density at radius 1 is 0.708 bits per heavy atom. The van der Waals surface area contributed by atoms with E-state index in [9.17, 15) is 0 Å². The van der Waals surface area contributed by atoms with E-state index in [1.807, 2.05) is 0 Å². The number of fused-ring (bicyclic) bond motifs is 2. The minimum atomic E-state index is -2.89. The van der Waals surface area contributed by atoms with Gasteiger partial charge in [-0.25, -0.2) is 0 Å². The van der Waals surface area contributed by atoms with Gasteiger partial charge >= 0.3 is 147 Å². The van der Waals surface area contributed by atoms with Crippen molar-refractivity contribution in [2.24, 2.45) is 0 Å². The Kier molecular flexibility index (Phi) is 3.69. The fraction of sp³-hybridized carbons (Fsp3) is 0.273. The van der Waals surface area contributed by atoms with Gasteiger partial charge in [0.2, 0.25) is 0 Å². The molecule has 0 fully saturated rings. The van der Waals surface area contributed by atoms with Crippen molar-refractivity contribution in [3.05, 3.63) is 82.9 Å². The van der Waals surface area contributed by atoms with Gasteiger partial charge in [0.1, 0.15) is 0 Å². The number of allylic oxidation sites excluding steroid dienone is 2. The van der Waals surface area contributed by atoms with Crippen LogP contribution in [0.1, 0.15) is 30.7 Å². The zero-order chi connectivity index (χ0) is 17.0. The summed E-state index contributed by atoms with van der Waals surface area (Å²) in [5.74, 6) is 0. The molecule has 2 aliphatic carbocycles. The summed E-state index contributed by atoms with van der Waals surface area (Å²) < 4.78 is 1.31. The van der Waals surface area contributed by atoms with Crippen molar-refractivity contribution in [1.82, 2.24) is 0 Å². The van der Waals surface area contributed by atoms with Gasteiger partial charge < -0.3 is 0 Å². The molecule has 2 aliphatic rings. The van der Waals surface area contributed by atoms with Crippen molar-refractivity contribution in [3.8, 4) is 0 Å². The van der Waals surface area contributed by atoms with E-state index in [0.717, 1.165) is 0 Å². The van der Waals surface area contributed by atoms with Crippen molar-refractivity contribution in [2.75, 3.05) is 0 Å². The second-order valence-electron chi connectivity index (χ2n) is 8.54. The quantitative estimate of drug-likeness (QED) is 0.528. The van der Waals surface area contributed by atoms with Gasteiger partial charge in [-0.2, -0.15) is 0 Å². The predicted octanol–water partition coefficient (Wildman–Crippen LogP) is 6.56. The maximum absolute atomic E-state index is 2.89. The van der Waals surface area contributed by atoms with E-state index in [4.69, 9.17) is 0 Å². The Morgan fingerprint density at radius 2 is 1.12 bits per heavy atom. The average Bonchev–Trinajstić information content (AvgIpc) is 3.20. The van der Waals surface area contributed by atoms with Crippen LogP contribution in [0.2, 0.25) is 23.6 Å². The Hall–Kier alpha value is -1.15. The zero-order valence-electron chi connectivity index (χ0n) is 15.1. The van der Waals surface area contributed by atoms with E-state index in [1.165, 1.54) is 11.1 Å². The summed E-state index contributed by atoms with van der Waals surface area (Å²) in [6, 6.07) is 18.1. The molecule has 2 atom stereocenters. The van der Waals surface area contributed by atoms with Crippen LogP contribution in [0.25, 0.3) is 12.2 Å². The molecule has 0 N–H and O–H groups in total. The van der Waals surface area contributed by atoms with Crippen LogP contribution >= 0.6 is 0 Å². The van der Waals surface area contributed by atoms with Gasteiger partial charge in [-0.1, -0.05) is 0 Å². The van der Waals surface area contributed by atoms with Gasteiger partial charge in [-0.15, -0.1) is 0 Å². The van der Waals surface area contributed by atoms with Crippen LogP contribution in [0.3, 0.4) is 0 Å². The number of benzene rings is 2. The third-order valence-electron chi connectivity index (χ3n) is 7.09. The Morgan fingerprint density at radius 3 is 1.54 bits per heavy atom. The molecular weight excluding hydrogens is 340 g/mol. The van der Waals surface area contributed by atoms with Gasteiger partial charge in [0, 0.05) is 0 Å². The monoisotopic (exact) mass is 366 g/mol. The molecule has 0 amide bonds. The summed E-state index contributed by atoms with van der Waals surface area (Å²) in [6.07, 6.45) is 9.43. The molecule has 0 saturated heterocycles. The van der Waals surface area contributed by atoms with Crippen LogP contribution < -0.4 is 0 Å². The Labute approximate surface area is 147 Å². The fourth-order valence-corrected chi connectivity index (χ4v) is 20.6. The van der Waals surface area contributed by atoms with Crippen LogP contribution in [-0.2, 0) is 14.0 Å². The van der Waals surface area contributed by atoms with Gasteiger partial charge in [0.25, 0.3) is 0 Å². The molecule has 0 spiro atoms. The molecule has 0 bridgehead atoms. The normalized spacial score (nSPS) is 21.7. The summed E-state index contributed by atoms with van der Waals surface area (Å²) in [5.41, 5.74) is 6.06. The van der Waals surface area contributed by atoms with Gasteiger partial charge in [-0.3, -0.25) is 0 Å². The summed E-state index contributed by atoms with van der Waals surface area (Å²) in [7, 11) is 0. The molecule has 24 heavy (non-hydrogen) atoms. The summed E-state index contributed by atoms with van der Waals surface area (Å²) in [6.45, 7) is 5.15. The second kappa shape index (κ2) is 5.42. The Bertz CT molecular complexity index is 884. The van der Waals surface area contributed by atoms with Crippen LogP contribution in [0.15, 0.2) is 60.7 Å². The van der Waals surface area contributed by atoms with Crippen molar-refractivity contribution >= 4 is 18.3 Å². The van der Waals surface area contributed by atoms with Crippen LogP contribution in [0, 0.1) is 0 Å². The van der Waals surface area contributed by atoms with Crippen molar-refractivity contribution in [3.63, 3.8) is 0 Å². The molecule has 0 aliphatic heterocycles. The molecule has 122 valence electrons. The SMILES string of the molecule is C[Si](C)=[Ti]([CH3])([CH3])([CH]1C=Cc2ccccc21)[CH]1C=Cc2ccccc21. The number of hydrogen-bond donors (Lipinski definition) is 0. The van der Waals surface area contributed by atoms with Crippen LogP contribution in [0.4, 0.5) is 0 Å². The summed E-state index contributed by atoms with van der Waals surface area (Å²) in [5, 5.41) is 5.47. The van der Waals surface area contributed by atoms with E-state index in [-0.39, 0.29) is 0 Å². The standard InChI is InChI=1S/2C9H7.C2H6Si.2CH3.Ti/c2*1-2-5-9-7-3-6-8(9)4-1;1-3-2;;;/h2*1-7H;1-2H3;2*1H3;. The molecule has 0 aromatic heterocycles. The fourth-order valence-electron chi connectivity index (χ4n) is 4.86. The third-order valence-corrected chi connectivity index (χ3v) is 35.1. The average molecular weight is 366 g/mol. The topological polar surface area (TPSA) is 0 Å². The molecule has 2 aromatic carbocycles. The molecule has 0 radical (unpaired) electrons. The van der Waals surface area contributed by atoms with Gasteiger partial charge in [0.05, 0.1) is 0 Å². The first-order valence-electron chi connectivity index (χ1n) is 8.97. The van der Waals surface area contributed by atoms with E-state index in [0.29, 0.717) is 8.45 Å². The second-order valence-corrected chi connectivity index (χ2v) is 31.8. The van der Waals surface area contributed by atoms with Crippen molar-refractivity contribution in [1.29, 1.82) is 0 Å². The first kappa shape index (κ1) is 16.3. The van der Waals surface area contributed by atoms with E-state index >= 15 is 0 Å². The van der Waals surface area contributed by atoms with Gasteiger partial charge in [-0.05, 0) is 0 Å². The predicted molar refractivity (Wildman–Crippen MR) is 106 cm³/mol. The van der Waals surface area contributed by atoms with Crippen molar-refractivity contribution in [2.45, 2.75) is 32.0 Å². The van der Waals surface area contributed by atoms with E-state index in [2.05, 4.69) is 96.4 Å². The molecular formula is C22H26SiTi. The first-order valence-corrected chi connectivity index (χ1v) is 18.7. The number of hydrogen-bond acceptors (Lipinski definition) is 0. The summed E-state index contributed by atoms with van der Waals surface area (Å²) in [4.78, 5) is 0. The van der Waals surface area contributed by atoms with Crippen LogP contribution in [0.5, 0.6) is 0 Å². The summed E-state index contributed by atoms with van der Waals surface area (Å²) >= 11 is -2.89. The zero-order valence-corrected chi connectivity index (χ0v) is 17.6. The number of rotatable bonds is 2. The molecule has 0 saturated carbocycles. The Balaban J connectivity index is 1.98. The third kappa shape index (κ3) is 2.08. The molecule has 2 unspecified atom stereocenters. The van der Waals surface area contributed by atoms with Crippen LogP contribution in [-0.4, -0.2) is 6.19 Å². The van der Waals surface area contributed by atoms with E-state index < -0.39 is 20.2 Å². The van der Waals surface area contributed by atoms with Gasteiger partial charge in [0.15, 0.2) is 0 Å².